The lowest BCUT2D eigenvalue weighted by Crippen LogP contribution is -2.36. The Hall–Kier alpha value is -2.74. The van der Waals surface area contributed by atoms with Crippen LogP contribution >= 0.6 is 0 Å². The Morgan fingerprint density at radius 3 is 2.65 bits per heavy atom. The maximum absolute atomic E-state index is 12.4. The third-order valence-electron chi connectivity index (χ3n) is 4.20. The van der Waals surface area contributed by atoms with Gasteiger partial charge in [-0.25, -0.2) is 18.4 Å². The summed E-state index contributed by atoms with van der Waals surface area (Å²) >= 11 is 0. The van der Waals surface area contributed by atoms with E-state index in [2.05, 4.69) is 15.3 Å². The van der Waals surface area contributed by atoms with Crippen LogP contribution in [0.15, 0.2) is 35.9 Å². The molecule has 1 atom stereocenters. The van der Waals surface area contributed by atoms with Gasteiger partial charge >= 0.3 is 0 Å². The normalized spacial score (nSPS) is 17.9. The maximum Gasteiger partial charge on any atom is 0.276 e. The van der Waals surface area contributed by atoms with E-state index in [9.17, 15) is 13.2 Å². The summed E-state index contributed by atoms with van der Waals surface area (Å²) in [6, 6.07) is 5.33. The highest BCUT2D eigenvalue weighted by atomic mass is 32.2. The van der Waals surface area contributed by atoms with Crippen molar-refractivity contribution in [3.05, 3.63) is 52.7 Å². The minimum Gasteiger partial charge on any atom is -0.479 e. The van der Waals surface area contributed by atoms with Crippen molar-refractivity contribution in [2.75, 3.05) is 12.9 Å². The predicted octanol–water partition coefficient (Wildman–Crippen LogP) is 1.81. The molecule has 1 aromatic carbocycles. The molecule has 8 heteroatoms. The van der Waals surface area contributed by atoms with E-state index in [1.54, 1.807) is 0 Å². The van der Waals surface area contributed by atoms with Gasteiger partial charge in [0.2, 0.25) is 5.88 Å². The number of benzene rings is 1. The summed E-state index contributed by atoms with van der Waals surface area (Å²) in [5.41, 5.74) is 3.77. The molecular weight excluding hydrogens is 354 g/mol. The lowest BCUT2D eigenvalue weighted by atomic mass is 10.0. The average Bonchev–Trinajstić information content (AvgIpc) is 2.95. The molecule has 1 unspecified atom stereocenters. The molecule has 1 aromatic heterocycles. The topological polar surface area (TPSA) is 98.2 Å². The molecule has 0 saturated carbocycles. The smallest absolute Gasteiger partial charge is 0.276 e. The van der Waals surface area contributed by atoms with E-state index >= 15 is 0 Å². The van der Waals surface area contributed by atoms with Crippen LogP contribution in [0.3, 0.4) is 0 Å². The second-order valence-electron chi connectivity index (χ2n) is 6.15. The monoisotopic (exact) mass is 373 g/mol. The fraction of sp³-hybridized carbons (Fsp3) is 0.278. The van der Waals surface area contributed by atoms with Gasteiger partial charge in [-0.15, -0.1) is 0 Å². The van der Waals surface area contributed by atoms with E-state index in [0.29, 0.717) is 5.69 Å². The molecule has 7 nitrogen and oxygen atoms in total. The van der Waals surface area contributed by atoms with Crippen molar-refractivity contribution in [1.82, 2.24) is 15.3 Å². The first-order chi connectivity index (χ1) is 12.3. The van der Waals surface area contributed by atoms with Gasteiger partial charge in [0, 0.05) is 11.0 Å². The van der Waals surface area contributed by atoms with Crippen LogP contribution in [-0.2, 0) is 9.84 Å². The molecule has 0 radical (unpaired) electrons. The lowest BCUT2D eigenvalue weighted by Gasteiger charge is -2.12. The Morgan fingerprint density at radius 2 is 2.04 bits per heavy atom. The van der Waals surface area contributed by atoms with E-state index in [1.807, 2.05) is 32.0 Å². The van der Waals surface area contributed by atoms with Crippen LogP contribution in [0.4, 0.5) is 0 Å². The number of aryl methyl sites for hydroxylation is 2. The summed E-state index contributed by atoms with van der Waals surface area (Å²) in [6.45, 7) is 4.03. The van der Waals surface area contributed by atoms with Crippen LogP contribution in [0.25, 0.3) is 11.3 Å². The van der Waals surface area contributed by atoms with Gasteiger partial charge in [0.1, 0.15) is 0 Å². The number of aromatic nitrogens is 2. The quantitative estimate of drug-likeness (QED) is 0.878. The Morgan fingerprint density at radius 1 is 1.27 bits per heavy atom. The van der Waals surface area contributed by atoms with Crippen molar-refractivity contribution in [2.45, 2.75) is 19.9 Å². The standard InChI is InChI=1S/C18H19N3O4S/c1-11-4-5-13(8-12(11)2)15-9-19-16(18(21-15)25-3)17(22)20-14-6-7-26(23,24)10-14/h4-9,14H,10H2,1-3H3,(H,20,22). The Balaban J connectivity index is 1.86. The number of methoxy groups -OCH3 is 1. The number of sulfone groups is 1. The second-order valence-corrected chi connectivity index (χ2v) is 8.08. The number of hydrogen-bond donors (Lipinski definition) is 1. The molecule has 1 N–H and O–H groups in total. The maximum atomic E-state index is 12.4. The molecule has 1 aliphatic heterocycles. The summed E-state index contributed by atoms with van der Waals surface area (Å²) in [6.07, 6.45) is 2.94. The van der Waals surface area contributed by atoms with Gasteiger partial charge in [-0.05, 0) is 37.1 Å². The van der Waals surface area contributed by atoms with E-state index in [-0.39, 0.29) is 17.3 Å². The molecule has 0 aliphatic carbocycles. The highest BCUT2D eigenvalue weighted by Crippen LogP contribution is 2.23. The zero-order valence-corrected chi connectivity index (χ0v) is 15.5. The fourth-order valence-corrected chi connectivity index (χ4v) is 3.85. The van der Waals surface area contributed by atoms with E-state index in [4.69, 9.17) is 4.74 Å². The van der Waals surface area contributed by atoms with Gasteiger partial charge in [-0.2, -0.15) is 0 Å². The SMILES string of the molecule is COc1nc(-c2ccc(C)c(C)c2)cnc1C(=O)NC1C=CS(=O)(=O)C1. The van der Waals surface area contributed by atoms with Gasteiger partial charge in [0.15, 0.2) is 15.5 Å². The molecule has 1 aliphatic rings. The van der Waals surface area contributed by atoms with Crippen molar-refractivity contribution in [1.29, 1.82) is 0 Å². The first-order valence-corrected chi connectivity index (χ1v) is 9.71. The minimum atomic E-state index is -3.25. The van der Waals surface area contributed by atoms with Crippen molar-refractivity contribution < 1.29 is 17.9 Å². The van der Waals surface area contributed by atoms with Crippen molar-refractivity contribution in [3.63, 3.8) is 0 Å². The van der Waals surface area contributed by atoms with E-state index < -0.39 is 21.8 Å². The number of nitrogens with one attached hydrogen (secondary N) is 1. The molecule has 0 fully saturated rings. The van der Waals surface area contributed by atoms with E-state index in [0.717, 1.165) is 16.5 Å². The van der Waals surface area contributed by atoms with E-state index in [1.165, 1.54) is 24.9 Å². The van der Waals surface area contributed by atoms with Gasteiger partial charge in [-0.3, -0.25) is 4.79 Å². The Bertz CT molecular complexity index is 999. The van der Waals surface area contributed by atoms with Crippen LogP contribution in [-0.4, -0.2) is 43.2 Å². The highest BCUT2D eigenvalue weighted by molar-refractivity contribution is 7.94. The minimum absolute atomic E-state index is 0.0118. The van der Waals surface area contributed by atoms with Gasteiger partial charge in [0.25, 0.3) is 5.91 Å². The van der Waals surface area contributed by atoms with Crippen molar-refractivity contribution in [3.8, 4) is 17.1 Å². The Kier molecular flexibility index (Phi) is 4.78. The van der Waals surface area contributed by atoms with Crippen LogP contribution in [0, 0.1) is 13.8 Å². The van der Waals surface area contributed by atoms with Gasteiger partial charge in [-0.1, -0.05) is 12.1 Å². The van der Waals surface area contributed by atoms with Crippen LogP contribution < -0.4 is 10.1 Å². The van der Waals surface area contributed by atoms with Crippen LogP contribution in [0.1, 0.15) is 21.6 Å². The zero-order valence-electron chi connectivity index (χ0n) is 14.7. The number of ether oxygens (including phenoxy) is 1. The summed E-state index contributed by atoms with van der Waals surface area (Å²) in [5.74, 6) is -0.606. The molecule has 2 heterocycles. The molecule has 3 rings (SSSR count). The number of rotatable bonds is 4. The number of carbonyl (C=O) groups is 1. The molecule has 2 aromatic rings. The summed E-state index contributed by atoms with van der Waals surface area (Å²) in [5, 5.41) is 3.71. The first kappa shape index (κ1) is 18.1. The highest BCUT2D eigenvalue weighted by Gasteiger charge is 2.25. The summed E-state index contributed by atoms with van der Waals surface area (Å²) < 4.78 is 28.1. The number of amides is 1. The number of nitrogens with zero attached hydrogens (tertiary/aromatic N) is 2. The molecule has 1 amide bonds. The molecule has 136 valence electrons. The second kappa shape index (κ2) is 6.87. The predicted molar refractivity (Wildman–Crippen MR) is 97.7 cm³/mol. The number of hydrogen-bond acceptors (Lipinski definition) is 6. The Labute approximate surface area is 152 Å². The van der Waals surface area contributed by atoms with Gasteiger partial charge < -0.3 is 10.1 Å². The van der Waals surface area contributed by atoms with Crippen LogP contribution in [0.5, 0.6) is 5.88 Å². The largest absolute Gasteiger partial charge is 0.479 e. The molecular formula is C18H19N3O4S. The average molecular weight is 373 g/mol. The third kappa shape index (κ3) is 3.75. The van der Waals surface area contributed by atoms with Crippen molar-refractivity contribution in [2.24, 2.45) is 0 Å². The number of carbonyl (C=O) groups excluding carboxylic acids is 1. The zero-order chi connectivity index (χ0) is 18.9. The first-order valence-electron chi connectivity index (χ1n) is 7.99. The lowest BCUT2D eigenvalue weighted by molar-refractivity contribution is 0.0938. The van der Waals surface area contributed by atoms with Gasteiger partial charge in [0.05, 0.1) is 30.8 Å². The summed E-state index contributed by atoms with van der Waals surface area (Å²) in [4.78, 5) is 21.0. The molecule has 0 spiro atoms. The summed E-state index contributed by atoms with van der Waals surface area (Å²) in [7, 11) is -1.84. The molecule has 0 saturated heterocycles. The molecule has 0 bridgehead atoms. The van der Waals surface area contributed by atoms with Crippen LogP contribution in [0.2, 0.25) is 0 Å². The molecule has 26 heavy (non-hydrogen) atoms. The third-order valence-corrected chi connectivity index (χ3v) is 5.59. The van der Waals surface area contributed by atoms with Crippen molar-refractivity contribution >= 4 is 15.7 Å². The fourth-order valence-electron chi connectivity index (χ4n) is 2.61.